The average molecular weight is 413 g/mol. The van der Waals surface area contributed by atoms with Crippen LogP contribution in [-0.4, -0.2) is 55.9 Å². The summed E-state index contributed by atoms with van der Waals surface area (Å²) in [6.45, 7) is 3.71. The maximum Gasteiger partial charge on any atom is 0.453 e. The molecular formula is C20H18F3N7. The molecule has 0 spiro atoms. The molecule has 0 saturated carbocycles. The molecule has 0 radical (unpaired) electrons. The highest BCUT2D eigenvalue weighted by atomic mass is 19.4. The number of hydrogen-bond donors (Lipinski definition) is 0. The first-order valence-corrected chi connectivity index (χ1v) is 9.59. The molecule has 1 aliphatic heterocycles. The summed E-state index contributed by atoms with van der Waals surface area (Å²) in [6, 6.07) is 13.3. The maximum absolute atomic E-state index is 13.1. The molecule has 0 atom stereocenters. The Kier molecular flexibility index (Phi) is 4.50. The summed E-state index contributed by atoms with van der Waals surface area (Å²) in [5.41, 5.74) is 2.27. The van der Waals surface area contributed by atoms with Gasteiger partial charge in [0.05, 0.1) is 5.52 Å². The van der Waals surface area contributed by atoms with Gasteiger partial charge in [-0.1, -0.05) is 18.2 Å². The first-order valence-electron chi connectivity index (χ1n) is 9.59. The van der Waals surface area contributed by atoms with Crippen LogP contribution in [0.1, 0.15) is 11.4 Å². The van der Waals surface area contributed by atoms with Crippen molar-refractivity contribution in [2.24, 2.45) is 0 Å². The lowest BCUT2D eigenvalue weighted by Crippen LogP contribution is -2.46. The van der Waals surface area contributed by atoms with Crippen LogP contribution in [0.4, 0.5) is 19.0 Å². The molecule has 3 aromatic heterocycles. The van der Waals surface area contributed by atoms with Gasteiger partial charge in [-0.15, -0.1) is 15.3 Å². The van der Waals surface area contributed by atoms with Gasteiger partial charge < -0.3 is 4.90 Å². The first-order chi connectivity index (χ1) is 14.5. The van der Waals surface area contributed by atoms with Crippen LogP contribution >= 0.6 is 0 Å². The number of nitrogens with zero attached hydrogens (tertiary/aromatic N) is 7. The van der Waals surface area contributed by atoms with Crippen molar-refractivity contribution in [2.45, 2.75) is 12.7 Å². The third kappa shape index (κ3) is 3.43. The molecule has 0 bridgehead atoms. The second-order valence-electron chi connectivity index (χ2n) is 7.23. The van der Waals surface area contributed by atoms with Crippen LogP contribution in [0.2, 0.25) is 0 Å². The van der Waals surface area contributed by atoms with Gasteiger partial charge in [0.1, 0.15) is 5.82 Å². The fourth-order valence-electron chi connectivity index (χ4n) is 3.79. The van der Waals surface area contributed by atoms with E-state index in [1.165, 1.54) is 11.6 Å². The second kappa shape index (κ2) is 7.21. The van der Waals surface area contributed by atoms with E-state index in [0.29, 0.717) is 18.9 Å². The Balaban J connectivity index is 1.31. The monoisotopic (exact) mass is 413 g/mol. The van der Waals surface area contributed by atoms with Crippen LogP contribution in [0, 0.1) is 0 Å². The number of rotatable bonds is 3. The maximum atomic E-state index is 13.1. The summed E-state index contributed by atoms with van der Waals surface area (Å²) in [7, 11) is 0. The molecule has 30 heavy (non-hydrogen) atoms. The van der Waals surface area contributed by atoms with E-state index < -0.39 is 12.0 Å². The number of halogens is 3. The summed E-state index contributed by atoms with van der Waals surface area (Å²) in [6.07, 6.45) is -2.78. The molecule has 0 aliphatic carbocycles. The van der Waals surface area contributed by atoms with Crippen molar-refractivity contribution in [3.05, 3.63) is 60.0 Å². The first kappa shape index (κ1) is 18.7. The van der Waals surface area contributed by atoms with Crippen LogP contribution in [0.15, 0.2) is 48.7 Å². The molecule has 1 aliphatic rings. The quantitative estimate of drug-likeness (QED) is 0.515. The van der Waals surface area contributed by atoms with E-state index in [1.54, 1.807) is 6.07 Å². The highest BCUT2D eigenvalue weighted by molar-refractivity contribution is 5.81. The highest BCUT2D eigenvalue weighted by Crippen LogP contribution is 2.28. The fraction of sp³-hybridized carbons (Fsp3) is 0.300. The number of piperazine rings is 1. The molecule has 154 valence electrons. The zero-order chi connectivity index (χ0) is 20.7. The predicted octanol–water partition coefficient (Wildman–Crippen LogP) is 3.01. The Bertz CT molecular complexity index is 1190. The molecule has 4 aromatic rings. The number of anilines is 1. The molecule has 4 heterocycles. The van der Waals surface area contributed by atoms with Crippen LogP contribution in [0.25, 0.3) is 16.6 Å². The summed E-state index contributed by atoms with van der Waals surface area (Å²) in [5, 5.41) is 12.1. The van der Waals surface area contributed by atoms with Gasteiger partial charge in [-0.2, -0.15) is 17.7 Å². The average Bonchev–Trinajstić information content (AvgIpc) is 3.18. The Morgan fingerprint density at radius 2 is 1.70 bits per heavy atom. The molecule has 7 nitrogen and oxygen atoms in total. The van der Waals surface area contributed by atoms with E-state index in [2.05, 4.69) is 31.2 Å². The molecule has 5 rings (SSSR count). The number of benzene rings is 1. The van der Waals surface area contributed by atoms with Gasteiger partial charge in [-0.05, 0) is 29.8 Å². The van der Waals surface area contributed by atoms with Crippen molar-refractivity contribution in [3.8, 4) is 0 Å². The van der Waals surface area contributed by atoms with Gasteiger partial charge >= 0.3 is 6.18 Å². The van der Waals surface area contributed by atoms with Crippen LogP contribution < -0.4 is 4.90 Å². The third-order valence-corrected chi connectivity index (χ3v) is 5.33. The fourth-order valence-corrected chi connectivity index (χ4v) is 3.79. The SMILES string of the molecule is FC(F)(F)c1nnc2ccc(N3CCN(Cc4ccnc5ccccc45)CC3)nn12. The summed E-state index contributed by atoms with van der Waals surface area (Å²) < 4.78 is 40.1. The predicted molar refractivity (Wildman–Crippen MR) is 105 cm³/mol. The molecular weight excluding hydrogens is 395 g/mol. The van der Waals surface area contributed by atoms with Crippen molar-refractivity contribution in [1.29, 1.82) is 0 Å². The lowest BCUT2D eigenvalue weighted by atomic mass is 10.1. The number of alkyl halides is 3. The Hall–Kier alpha value is -3.27. The van der Waals surface area contributed by atoms with Crippen molar-refractivity contribution in [2.75, 3.05) is 31.1 Å². The zero-order valence-corrected chi connectivity index (χ0v) is 15.9. The zero-order valence-electron chi connectivity index (χ0n) is 15.9. The third-order valence-electron chi connectivity index (χ3n) is 5.33. The topological polar surface area (TPSA) is 62.5 Å². The smallest absolute Gasteiger partial charge is 0.353 e. The van der Waals surface area contributed by atoms with Crippen LogP contribution in [0.3, 0.4) is 0 Å². The van der Waals surface area contributed by atoms with Gasteiger partial charge in [0.2, 0.25) is 0 Å². The van der Waals surface area contributed by atoms with E-state index in [-0.39, 0.29) is 5.65 Å². The molecule has 0 amide bonds. The molecule has 10 heteroatoms. The second-order valence-corrected chi connectivity index (χ2v) is 7.23. The number of pyridine rings is 1. The van der Waals surface area contributed by atoms with E-state index in [1.807, 2.05) is 35.4 Å². The standard InChI is InChI=1S/C20H18F3N7/c21-20(22,23)19-26-25-17-5-6-18(27-30(17)19)29-11-9-28(10-12-29)13-14-7-8-24-16-4-2-1-3-15(14)16/h1-8H,9-13H2. The van der Waals surface area contributed by atoms with Gasteiger partial charge in [-0.25, -0.2) is 0 Å². The highest BCUT2D eigenvalue weighted by Gasteiger charge is 2.37. The Morgan fingerprint density at radius 1 is 0.900 bits per heavy atom. The van der Waals surface area contributed by atoms with Crippen molar-refractivity contribution >= 4 is 22.4 Å². The van der Waals surface area contributed by atoms with Gasteiger partial charge in [-0.3, -0.25) is 9.88 Å². The van der Waals surface area contributed by atoms with Gasteiger partial charge in [0.15, 0.2) is 5.65 Å². The van der Waals surface area contributed by atoms with Crippen molar-refractivity contribution in [1.82, 2.24) is 29.7 Å². The normalized spacial score (nSPS) is 15.9. The van der Waals surface area contributed by atoms with Crippen LogP contribution in [-0.2, 0) is 12.7 Å². The number of fused-ring (bicyclic) bond motifs is 2. The molecule has 0 N–H and O–H groups in total. The van der Waals surface area contributed by atoms with E-state index in [9.17, 15) is 13.2 Å². The van der Waals surface area contributed by atoms with Gasteiger partial charge in [0.25, 0.3) is 5.82 Å². The summed E-state index contributed by atoms with van der Waals surface area (Å²) >= 11 is 0. The van der Waals surface area contributed by atoms with Crippen molar-refractivity contribution in [3.63, 3.8) is 0 Å². The van der Waals surface area contributed by atoms with Crippen LogP contribution in [0.5, 0.6) is 0 Å². The number of para-hydroxylation sites is 1. The minimum atomic E-state index is -4.60. The van der Waals surface area contributed by atoms with E-state index >= 15 is 0 Å². The molecule has 1 saturated heterocycles. The Labute approximate surface area is 169 Å². The molecule has 0 unspecified atom stereocenters. The molecule has 1 fully saturated rings. The molecule has 1 aromatic carbocycles. The lowest BCUT2D eigenvalue weighted by Gasteiger charge is -2.35. The lowest BCUT2D eigenvalue weighted by molar-refractivity contribution is -0.146. The van der Waals surface area contributed by atoms with Gasteiger partial charge in [0, 0.05) is 44.3 Å². The minimum Gasteiger partial charge on any atom is -0.353 e. The summed E-state index contributed by atoms with van der Waals surface area (Å²) in [4.78, 5) is 8.72. The van der Waals surface area contributed by atoms with E-state index in [0.717, 1.165) is 35.1 Å². The minimum absolute atomic E-state index is 0.0780. The summed E-state index contributed by atoms with van der Waals surface area (Å²) in [5.74, 6) is -0.621. The number of aromatic nitrogens is 5. The largest absolute Gasteiger partial charge is 0.453 e. The van der Waals surface area contributed by atoms with Crippen molar-refractivity contribution < 1.29 is 13.2 Å². The number of hydrogen-bond acceptors (Lipinski definition) is 6. The Morgan fingerprint density at radius 3 is 2.50 bits per heavy atom. The van der Waals surface area contributed by atoms with E-state index in [4.69, 9.17) is 0 Å².